The lowest BCUT2D eigenvalue weighted by atomic mass is 9.97. The van der Waals surface area contributed by atoms with Gasteiger partial charge in [-0.15, -0.1) is 0 Å². The molecular weight excluding hydrogens is 320 g/mol. The second kappa shape index (κ2) is 6.11. The van der Waals surface area contributed by atoms with E-state index in [-0.39, 0.29) is 17.7 Å². The molecule has 2 aromatic heterocycles. The molecule has 0 spiro atoms. The van der Waals surface area contributed by atoms with E-state index in [1.165, 1.54) is 0 Å². The summed E-state index contributed by atoms with van der Waals surface area (Å²) in [6.45, 7) is 6.26. The lowest BCUT2D eigenvalue weighted by Gasteiger charge is -2.42. The molecule has 2 aliphatic heterocycles. The Hall–Kier alpha value is -2.48. The number of carbonyl (C=O) groups is 2. The van der Waals surface area contributed by atoms with Gasteiger partial charge in [0.2, 0.25) is 5.91 Å². The van der Waals surface area contributed by atoms with Gasteiger partial charge in [-0.25, -0.2) is 9.50 Å². The van der Waals surface area contributed by atoms with Crippen molar-refractivity contribution in [3.05, 3.63) is 29.7 Å². The van der Waals surface area contributed by atoms with Crippen LogP contribution < -0.4 is 0 Å². The zero-order chi connectivity index (χ0) is 17.6. The number of likely N-dealkylation sites (N-methyl/N-ethyl adjacent to an activating group) is 1. The van der Waals surface area contributed by atoms with Gasteiger partial charge in [-0.1, -0.05) is 0 Å². The van der Waals surface area contributed by atoms with Gasteiger partial charge in [0.15, 0.2) is 5.65 Å². The van der Waals surface area contributed by atoms with Crippen LogP contribution in [0.5, 0.6) is 0 Å². The average Bonchev–Trinajstić information content (AvgIpc) is 2.96. The van der Waals surface area contributed by atoms with Crippen LogP contribution in [0.2, 0.25) is 0 Å². The monoisotopic (exact) mass is 342 g/mol. The van der Waals surface area contributed by atoms with Crippen LogP contribution in [0.25, 0.3) is 5.65 Å². The molecule has 0 N–H and O–H groups in total. The molecule has 0 atom stereocenters. The smallest absolute Gasteiger partial charge is 0.259 e. The van der Waals surface area contributed by atoms with Crippen LogP contribution in [0.4, 0.5) is 0 Å². The molecule has 132 valence electrons. The summed E-state index contributed by atoms with van der Waals surface area (Å²) in [5.74, 6) is -0.0102. The molecule has 25 heavy (non-hydrogen) atoms. The SMILES string of the molecule is Cc1cnc2c(C(=O)N3CC(C(=O)N4CCN(C)CC4)C3)cnn2c1. The standard InChI is InChI=1S/C17H22N6O2/c1-12-7-18-15-14(8-19-23(15)9-12)17(25)22-10-13(11-22)16(24)21-5-3-20(2)4-6-21/h7-9,13H,3-6,10-11H2,1-2H3. The quantitative estimate of drug-likeness (QED) is 0.761. The van der Waals surface area contributed by atoms with Crippen molar-refractivity contribution in [1.82, 2.24) is 29.3 Å². The average molecular weight is 342 g/mol. The molecule has 0 bridgehead atoms. The van der Waals surface area contributed by atoms with E-state index < -0.39 is 0 Å². The van der Waals surface area contributed by atoms with Crippen LogP contribution in [0, 0.1) is 12.8 Å². The minimum Gasteiger partial charge on any atom is -0.340 e. The number of hydrogen-bond donors (Lipinski definition) is 0. The fourth-order valence-corrected chi connectivity index (χ4v) is 3.37. The van der Waals surface area contributed by atoms with E-state index in [0.717, 1.165) is 31.7 Å². The number of piperazine rings is 1. The lowest BCUT2D eigenvalue weighted by molar-refractivity contribution is -0.141. The van der Waals surface area contributed by atoms with Crippen molar-refractivity contribution in [2.24, 2.45) is 5.92 Å². The first-order chi connectivity index (χ1) is 12.0. The minimum atomic E-state index is -0.103. The molecule has 0 saturated carbocycles. The van der Waals surface area contributed by atoms with Gasteiger partial charge in [0.1, 0.15) is 5.56 Å². The molecule has 4 heterocycles. The highest BCUT2D eigenvalue weighted by molar-refractivity contribution is 6.00. The fourth-order valence-electron chi connectivity index (χ4n) is 3.37. The first-order valence-corrected chi connectivity index (χ1v) is 8.59. The van der Waals surface area contributed by atoms with Gasteiger partial charge in [-0.2, -0.15) is 5.10 Å². The van der Waals surface area contributed by atoms with Crippen LogP contribution >= 0.6 is 0 Å². The molecule has 0 aromatic carbocycles. The maximum Gasteiger partial charge on any atom is 0.259 e. The Bertz CT molecular complexity index is 818. The predicted molar refractivity (Wildman–Crippen MR) is 91.2 cm³/mol. The first kappa shape index (κ1) is 16.0. The Balaban J connectivity index is 1.39. The summed E-state index contributed by atoms with van der Waals surface area (Å²) >= 11 is 0. The fraction of sp³-hybridized carbons (Fsp3) is 0.529. The van der Waals surface area contributed by atoms with Gasteiger partial charge in [-0.05, 0) is 19.5 Å². The highest BCUT2D eigenvalue weighted by atomic mass is 16.2. The van der Waals surface area contributed by atoms with Crippen molar-refractivity contribution in [2.75, 3.05) is 46.3 Å². The lowest BCUT2D eigenvalue weighted by Crippen LogP contribution is -2.58. The van der Waals surface area contributed by atoms with E-state index in [1.807, 2.05) is 18.0 Å². The van der Waals surface area contributed by atoms with Gasteiger partial charge in [0, 0.05) is 51.7 Å². The number of aromatic nitrogens is 3. The molecule has 4 rings (SSSR count). The summed E-state index contributed by atoms with van der Waals surface area (Å²) in [6, 6.07) is 0. The molecule has 2 saturated heterocycles. The van der Waals surface area contributed by atoms with Crippen LogP contribution in [0.3, 0.4) is 0 Å². The van der Waals surface area contributed by atoms with Gasteiger partial charge in [-0.3, -0.25) is 9.59 Å². The third kappa shape index (κ3) is 2.86. The van der Waals surface area contributed by atoms with Crippen molar-refractivity contribution in [3.63, 3.8) is 0 Å². The second-order valence-electron chi connectivity index (χ2n) is 6.99. The van der Waals surface area contributed by atoms with E-state index in [4.69, 9.17) is 0 Å². The van der Waals surface area contributed by atoms with Gasteiger partial charge >= 0.3 is 0 Å². The summed E-state index contributed by atoms with van der Waals surface area (Å²) in [5.41, 5.74) is 2.03. The van der Waals surface area contributed by atoms with E-state index in [1.54, 1.807) is 21.8 Å². The Kier molecular flexibility index (Phi) is 3.91. The molecule has 2 aliphatic rings. The molecule has 2 amide bonds. The van der Waals surface area contributed by atoms with Crippen LogP contribution in [0.15, 0.2) is 18.6 Å². The Morgan fingerprint density at radius 1 is 1.08 bits per heavy atom. The van der Waals surface area contributed by atoms with Crippen LogP contribution in [0.1, 0.15) is 15.9 Å². The van der Waals surface area contributed by atoms with Gasteiger partial charge < -0.3 is 14.7 Å². The zero-order valence-corrected chi connectivity index (χ0v) is 14.6. The van der Waals surface area contributed by atoms with Crippen LogP contribution in [-0.2, 0) is 4.79 Å². The molecule has 0 unspecified atom stereocenters. The molecule has 0 aliphatic carbocycles. The molecule has 2 aromatic rings. The number of fused-ring (bicyclic) bond motifs is 1. The summed E-state index contributed by atoms with van der Waals surface area (Å²) < 4.78 is 1.62. The molecule has 2 fully saturated rings. The number of likely N-dealkylation sites (tertiary alicyclic amines) is 1. The van der Waals surface area contributed by atoms with Gasteiger partial charge in [0.25, 0.3) is 5.91 Å². The van der Waals surface area contributed by atoms with Gasteiger partial charge in [0.05, 0.1) is 12.1 Å². The summed E-state index contributed by atoms with van der Waals surface area (Å²) in [7, 11) is 2.07. The van der Waals surface area contributed by atoms with Crippen molar-refractivity contribution in [1.29, 1.82) is 0 Å². The summed E-state index contributed by atoms with van der Waals surface area (Å²) in [4.78, 5) is 35.4. The minimum absolute atomic E-state index is 0.0793. The third-order valence-electron chi connectivity index (χ3n) is 5.05. The number of amides is 2. The Morgan fingerprint density at radius 3 is 2.52 bits per heavy atom. The number of rotatable bonds is 2. The molecule has 8 heteroatoms. The number of carbonyl (C=O) groups excluding carboxylic acids is 2. The number of hydrogen-bond acceptors (Lipinski definition) is 5. The first-order valence-electron chi connectivity index (χ1n) is 8.59. The summed E-state index contributed by atoms with van der Waals surface area (Å²) in [6.07, 6.45) is 5.12. The topological polar surface area (TPSA) is 74.1 Å². The normalized spacial score (nSPS) is 19.3. The molecule has 0 radical (unpaired) electrons. The Labute approximate surface area is 146 Å². The predicted octanol–water partition coefficient (Wildman–Crippen LogP) is -0.116. The van der Waals surface area contributed by atoms with Crippen molar-refractivity contribution in [2.45, 2.75) is 6.92 Å². The third-order valence-corrected chi connectivity index (χ3v) is 5.05. The van der Waals surface area contributed by atoms with Crippen molar-refractivity contribution >= 4 is 17.5 Å². The van der Waals surface area contributed by atoms with E-state index >= 15 is 0 Å². The summed E-state index contributed by atoms with van der Waals surface area (Å²) in [5, 5.41) is 4.20. The highest BCUT2D eigenvalue weighted by Crippen LogP contribution is 2.22. The van der Waals surface area contributed by atoms with E-state index in [9.17, 15) is 9.59 Å². The number of aryl methyl sites for hydroxylation is 1. The number of nitrogens with zero attached hydrogens (tertiary/aromatic N) is 6. The van der Waals surface area contributed by atoms with E-state index in [0.29, 0.717) is 24.3 Å². The molecule has 8 nitrogen and oxygen atoms in total. The highest BCUT2D eigenvalue weighted by Gasteiger charge is 2.39. The van der Waals surface area contributed by atoms with Crippen molar-refractivity contribution < 1.29 is 9.59 Å². The zero-order valence-electron chi connectivity index (χ0n) is 14.6. The largest absolute Gasteiger partial charge is 0.340 e. The van der Waals surface area contributed by atoms with Crippen molar-refractivity contribution in [3.8, 4) is 0 Å². The maximum absolute atomic E-state index is 12.7. The second-order valence-corrected chi connectivity index (χ2v) is 6.99. The van der Waals surface area contributed by atoms with Crippen LogP contribution in [-0.4, -0.2) is 87.4 Å². The molecular formula is C17H22N6O2. The van der Waals surface area contributed by atoms with E-state index in [2.05, 4.69) is 22.0 Å². The maximum atomic E-state index is 12.7. The Morgan fingerprint density at radius 2 is 1.80 bits per heavy atom.